The lowest BCUT2D eigenvalue weighted by Gasteiger charge is -2.39. The molecule has 0 radical (unpaired) electrons. The molecule has 0 aromatic heterocycles. The van der Waals surface area contributed by atoms with Crippen LogP contribution in [0.15, 0.2) is 24.5 Å². The van der Waals surface area contributed by atoms with E-state index in [1.807, 2.05) is 0 Å². The van der Waals surface area contributed by atoms with Crippen molar-refractivity contribution in [2.45, 2.75) is 79.1 Å². The van der Waals surface area contributed by atoms with Gasteiger partial charge >= 0.3 is 0 Å². The summed E-state index contributed by atoms with van der Waals surface area (Å²) in [5, 5.41) is 9.46. The van der Waals surface area contributed by atoms with Crippen molar-refractivity contribution >= 4 is 6.29 Å². The van der Waals surface area contributed by atoms with Gasteiger partial charge in [0.1, 0.15) is 6.29 Å². The number of unbranched alkanes of at least 4 members (excludes halogenated alkanes) is 4. The van der Waals surface area contributed by atoms with E-state index in [4.69, 9.17) is 0 Å². The number of carbonyl (C=O) groups is 1. The average Bonchev–Trinajstić information content (AvgIpc) is 2.61. The summed E-state index contributed by atoms with van der Waals surface area (Å²) in [5.41, 5.74) is 0. The number of nitrogens with zero attached hydrogens (tertiary/aromatic N) is 1. The van der Waals surface area contributed by atoms with Gasteiger partial charge in [0.15, 0.2) is 0 Å². The molecule has 0 aliphatic heterocycles. The summed E-state index contributed by atoms with van der Waals surface area (Å²) in [7, 11) is 0. The number of rotatable bonds is 14. The maximum absolute atomic E-state index is 9.46. The maximum atomic E-state index is 9.46. The van der Waals surface area contributed by atoms with Crippen LogP contribution in [-0.4, -0.2) is 42.4 Å². The van der Waals surface area contributed by atoms with Gasteiger partial charge in [-0.1, -0.05) is 65.5 Å². The van der Waals surface area contributed by atoms with Gasteiger partial charge in [-0.15, -0.1) is 6.26 Å². The van der Waals surface area contributed by atoms with E-state index in [0.717, 1.165) is 0 Å². The number of allylic oxidation sites excluding steroid dienone is 3. The quantitative estimate of drug-likeness (QED) is 0.156. The fraction of sp³-hybridized carbons (Fsp3) is 0.762. The Labute approximate surface area is 156 Å². The summed E-state index contributed by atoms with van der Waals surface area (Å²) >= 11 is 0. The second-order valence-corrected chi connectivity index (χ2v) is 6.50. The summed E-state index contributed by atoms with van der Waals surface area (Å²) in [6.07, 6.45) is 16.1. The monoisotopic (exact) mass is 357 g/mol. The molecule has 0 unspecified atom stereocenters. The fourth-order valence-corrected chi connectivity index (χ4v) is 2.80. The van der Waals surface area contributed by atoms with Gasteiger partial charge in [-0.2, -0.15) is 0 Å². The lowest BCUT2D eigenvalue weighted by molar-refractivity contribution is -0.929. The van der Waals surface area contributed by atoms with Gasteiger partial charge in [-0.25, -0.2) is 0 Å². The topological polar surface area (TPSA) is 71.6 Å². The summed E-state index contributed by atoms with van der Waals surface area (Å²) < 4.78 is 1.42. The molecule has 0 aromatic carbocycles. The van der Waals surface area contributed by atoms with Crippen LogP contribution in [-0.2, 0) is 4.79 Å². The minimum Gasteiger partial charge on any atom is -0.878 e. The van der Waals surface area contributed by atoms with E-state index in [0.29, 0.717) is 12.5 Å². The molecule has 0 amide bonds. The Morgan fingerprint density at radius 3 is 1.28 bits per heavy atom. The molecule has 150 valence electrons. The van der Waals surface area contributed by atoms with Crippen LogP contribution < -0.4 is 5.11 Å². The van der Waals surface area contributed by atoms with Crippen LogP contribution in [0, 0.1) is 0 Å². The second kappa shape index (κ2) is 22.9. The van der Waals surface area contributed by atoms with E-state index in [2.05, 4.69) is 27.7 Å². The molecule has 0 saturated carbocycles. The van der Waals surface area contributed by atoms with E-state index < -0.39 is 0 Å². The molecular formula is C21H43NO3. The van der Waals surface area contributed by atoms with E-state index in [-0.39, 0.29) is 5.48 Å². The predicted molar refractivity (Wildman–Crippen MR) is 107 cm³/mol. The molecule has 0 heterocycles. The molecule has 4 heteroatoms. The summed E-state index contributed by atoms with van der Waals surface area (Å²) in [6, 6.07) is 0. The Morgan fingerprint density at radius 2 is 1.04 bits per heavy atom. The molecule has 0 bridgehead atoms. The molecule has 0 aliphatic carbocycles. The number of carbonyl (C=O) groups excluding carboxylic acids is 1. The molecule has 0 aliphatic rings. The highest BCUT2D eigenvalue weighted by Gasteiger charge is 2.24. The Kier molecular flexibility index (Phi) is 26.2. The number of hydrogen-bond donors (Lipinski definition) is 0. The molecule has 4 nitrogen and oxygen atoms in total. The molecule has 0 atom stereocenters. The van der Waals surface area contributed by atoms with Crippen molar-refractivity contribution in [3.05, 3.63) is 24.5 Å². The van der Waals surface area contributed by atoms with Gasteiger partial charge in [0.05, 0.1) is 26.2 Å². The van der Waals surface area contributed by atoms with E-state index >= 15 is 0 Å². The SMILES string of the molecule is CCCC[N+](CCCC)(CCCC)CCCC.O.O=C/C=C/C=C/[O-]. The van der Waals surface area contributed by atoms with Gasteiger partial charge in [0, 0.05) is 0 Å². The Hall–Kier alpha value is -1.13. The van der Waals surface area contributed by atoms with Crippen molar-refractivity contribution in [2.75, 3.05) is 26.2 Å². The molecular weight excluding hydrogens is 314 g/mol. The smallest absolute Gasteiger partial charge is 0.142 e. The largest absolute Gasteiger partial charge is 0.878 e. The van der Waals surface area contributed by atoms with E-state index in [1.165, 1.54) is 100 Å². The molecule has 0 saturated heterocycles. The fourth-order valence-electron chi connectivity index (χ4n) is 2.80. The zero-order valence-electron chi connectivity index (χ0n) is 17.1. The van der Waals surface area contributed by atoms with Crippen LogP contribution >= 0.6 is 0 Å². The third-order valence-corrected chi connectivity index (χ3v) is 4.32. The Balaban J connectivity index is -0.000000513. The molecule has 0 rings (SSSR count). The Morgan fingerprint density at radius 1 is 0.680 bits per heavy atom. The molecule has 25 heavy (non-hydrogen) atoms. The maximum Gasteiger partial charge on any atom is 0.142 e. The van der Waals surface area contributed by atoms with Crippen molar-refractivity contribution in [3.8, 4) is 0 Å². The lowest BCUT2D eigenvalue weighted by Crippen LogP contribution is -2.50. The van der Waals surface area contributed by atoms with Crippen LogP contribution in [0.5, 0.6) is 0 Å². The van der Waals surface area contributed by atoms with Crippen LogP contribution in [0.25, 0.3) is 0 Å². The van der Waals surface area contributed by atoms with Gasteiger partial charge in [0.25, 0.3) is 0 Å². The van der Waals surface area contributed by atoms with Crippen molar-refractivity contribution in [3.63, 3.8) is 0 Å². The molecule has 0 fully saturated rings. The third-order valence-electron chi connectivity index (χ3n) is 4.32. The standard InChI is InChI=1S/C16H36N.C5H6O2.H2O/c1-5-9-13-17(14-10-6-2,15-11-7-3)16-12-8-4;6-4-2-1-3-5-7;/h5-16H2,1-4H3;1-6H;1H2/q+1;;/p-1/b;3-1+,4-2+;. The van der Waals surface area contributed by atoms with E-state index in [1.54, 1.807) is 0 Å². The molecule has 2 N–H and O–H groups in total. The number of quaternary nitrogens is 1. The van der Waals surface area contributed by atoms with Gasteiger partial charge in [0.2, 0.25) is 0 Å². The second-order valence-electron chi connectivity index (χ2n) is 6.50. The first-order chi connectivity index (χ1) is 11.7. The van der Waals surface area contributed by atoms with Crippen molar-refractivity contribution in [1.82, 2.24) is 0 Å². The van der Waals surface area contributed by atoms with Crippen LogP contribution in [0.4, 0.5) is 0 Å². The summed E-state index contributed by atoms with van der Waals surface area (Å²) in [5.74, 6) is 0. The molecule has 0 spiro atoms. The minimum absolute atomic E-state index is 0. The summed E-state index contributed by atoms with van der Waals surface area (Å²) in [4.78, 5) is 9.46. The molecule has 0 aromatic rings. The van der Waals surface area contributed by atoms with Crippen LogP contribution in [0.2, 0.25) is 0 Å². The highest BCUT2D eigenvalue weighted by atomic mass is 16.2. The Bertz CT molecular complexity index is 277. The number of hydrogen-bond acceptors (Lipinski definition) is 2. The minimum atomic E-state index is 0. The van der Waals surface area contributed by atoms with Gasteiger partial charge in [-0.05, 0) is 31.8 Å². The highest BCUT2D eigenvalue weighted by Crippen LogP contribution is 2.16. The van der Waals surface area contributed by atoms with Gasteiger partial charge in [-0.3, -0.25) is 4.79 Å². The third kappa shape index (κ3) is 19.0. The van der Waals surface area contributed by atoms with E-state index in [9.17, 15) is 9.90 Å². The predicted octanol–water partition coefficient (Wildman–Crippen LogP) is 3.79. The van der Waals surface area contributed by atoms with Crippen LogP contribution in [0.3, 0.4) is 0 Å². The van der Waals surface area contributed by atoms with Crippen molar-refractivity contribution in [1.29, 1.82) is 0 Å². The highest BCUT2D eigenvalue weighted by molar-refractivity contribution is 5.65. The van der Waals surface area contributed by atoms with Crippen LogP contribution in [0.1, 0.15) is 79.1 Å². The first-order valence-electron chi connectivity index (χ1n) is 9.90. The first-order valence-corrected chi connectivity index (χ1v) is 9.90. The van der Waals surface area contributed by atoms with Crippen molar-refractivity contribution in [2.24, 2.45) is 0 Å². The number of aldehydes is 1. The summed E-state index contributed by atoms with van der Waals surface area (Å²) in [6.45, 7) is 15.0. The average molecular weight is 358 g/mol. The van der Waals surface area contributed by atoms with Gasteiger partial charge < -0.3 is 15.1 Å². The van der Waals surface area contributed by atoms with Crippen molar-refractivity contribution < 1.29 is 19.9 Å². The first kappa shape index (κ1) is 28.7. The normalized spacial score (nSPS) is 11.2. The lowest BCUT2D eigenvalue weighted by atomic mass is 10.1. The zero-order valence-corrected chi connectivity index (χ0v) is 17.1. The zero-order chi connectivity index (χ0) is 18.5.